The van der Waals surface area contributed by atoms with E-state index in [0.29, 0.717) is 12.6 Å². The van der Waals surface area contributed by atoms with Crippen molar-refractivity contribution in [1.82, 2.24) is 4.90 Å². The van der Waals surface area contributed by atoms with Gasteiger partial charge in [-0.05, 0) is 30.5 Å². The van der Waals surface area contributed by atoms with E-state index in [1.54, 1.807) is 7.11 Å². The fraction of sp³-hybridized carbons (Fsp3) is 0.400. The molecule has 1 fully saturated rings. The fourth-order valence-corrected chi connectivity index (χ4v) is 3.27. The Morgan fingerprint density at radius 2 is 1.75 bits per heavy atom. The summed E-state index contributed by atoms with van der Waals surface area (Å²) in [6.07, 6.45) is 1.73. The average molecular weight is 326 g/mol. The lowest BCUT2D eigenvalue weighted by Gasteiger charge is -2.34. The van der Waals surface area contributed by atoms with Crippen molar-refractivity contribution in [3.63, 3.8) is 0 Å². The van der Waals surface area contributed by atoms with Gasteiger partial charge < -0.3 is 20.1 Å². The van der Waals surface area contributed by atoms with Crippen LogP contribution in [0, 0.1) is 0 Å². The summed E-state index contributed by atoms with van der Waals surface area (Å²) in [5.41, 5.74) is 2.05. The lowest BCUT2D eigenvalue weighted by molar-refractivity contribution is 0.0991. The quantitative estimate of drug-likeness (QED) is 0.855. The summed E-state index contributed by atoms with van der Waals surface area (Å²) in [6.45, 7) is 2.69. The summed E-state index contributed by atoms with van der Waals surface area (Å²) in [4.78, 5) is 2.35. The van der Waals surface area contributed by atoms with E-state index < -0.39 is 6.10 Å². The van der Waals surface area contributed by atoms with Crippen molar-refractivity contribution in [2.24, 2.45) is 0 Å². The van der Waals surface area contributed by atoms with E-state index in [4.69, 9.17) is 4.74 Å². The summed E-state index contributed by atoms with van der Waals surface area (Å²) < 4.78 is 5.40. The second-order valence-electron chi connectivity index (χ2n) is 6.35. The zero-order chi connectivity index (χ0) is 16.8. The Bertz CT molecular complexity index is 625. The molecule has 1 aliphatic heterocycles. The van der Waals surface area contributed by atoms with E-state index >= 15 is 0 Å². The molecule has 4 heteroatoms. The minimum absolute atomic E-state index is 0.412. The zero-order valence-corrected chi connectivity index (χ0v) is 14.2. The Hall–Kier alpha value is -2.04. The summed E-state index contributed by atoms with van der Waals surface area (Å²) >= 11 is 0. The normalized spacial score (nSPS) is 17.4. The highest BCUT2D eigenvalue weighted by molar-refractivity contribution is 5.56. The van der Waals surface area contributed by atoms with E-state index in [2.05, 4.69) is 16.3 Å². The molecule has 1 unspecified atom stereocenters. The van der Waals surface area contributed by atoms with Gasteiger partial charge in [0.1, 0.15) is 5.75 Å². The predicted molar refractivity (Wildman–Crippen MR) is 97.5 cm³/mol. The molecule has 1 atom stereocenters. The minimum atomic E-state index is -0.412. The second kappa shape index (κ2) is 8.18. The molecule has 4 nitrogen and oxygen atoms in total. The highest BCUT2D eigenvalue weighted by atomic mass is 16.5. The van der Waals surface area contributed by atoms with Crippen molar-refractivity contribution in [2.75, 3.05) is 32.1 Å². The highest BCUT2D eigenvalue weighted by Crippen LogP contribution is 2.26. The van der Waals surface area contributed by atoms with Crippen LogP contribution in [-0.4, -0.2) is 42.8 Å². The zero-order valence-electron chi connectivity index (χ0n) is 14.2. The first-order valence-electron chi connectivity index (χ1n) is 8.61. The summed E-state index contributed by atoms with van der Waals surface area (Å²) in [5.74, 6) is 0.888. The molecule has 0 bridgehead atoms. The predicted octanol–water partition coefficient (Wildman–Crippen LogP) is 3.31. The molecule has 0 aromatic heterocycles. The maximum Gasteiger partial charge on any atom is 0.141 e. The van der Waals surface area contributed by atoms with E-state index in [-0.39, 0.29) is 0 Å². The van der Waals surface area contributed by atoms with Crippen molar-refractivity contribution < 1.29 is 9.84 Å². The first-order chi connectivity index (χ1) is 11.8. The number of hydrogen-bond donors (Lipinski definition) is 2. The Morgan fingerprint density at radius 1 is 1.08 bits per heavy atom. The lowest BCUT2D eigenvalue weighted by atomic mass is 10.0. The van der Waals surface area contributed by atoms with Gasteiger partial charge in [-0.1, -0.05) is 42.5 Å². The number of hydrogen-bond acceptors (Lipinski definition) is 4. The molecule has 0 aliphatic carbocycles. The molecular weight excluding hydrogens is 300 g/mol. The van der Waals surface area contributed by atoms with Crippen molar-refractivity contribution in [3.8, 4) is 5.75 Å². The summed E-state index contributed by atoms with van der Waals surface area (Å²) in [5, 5.41) is 14.0. The molecule has 2 N–H and O–H groups in total. The molecule has 1 aliphatic rings. The molecular formula is C20H26N2O2. The molecule has 0 radical (unpaired) electrons. The van der Waals surface area contributed by atoms with Crippen LogP contribution in [-0.2, 0) is 0 Å². The molecule has 0 amide bonds. The van der Waals surface area contributed by atoms with Gasteiger partial charge in [0.05, 0.1) is 18.9 Å². The van der Waals surface area contributed by atoms with Crippen LogP contribution >= 0.6 is 0 Å². The SMILES string of the molecule is COc1ccccc1NC1CCN(CC(O)c2ccccc2)CC1. The van der Waals surface area contributed by atoms with Gasteiger partial charge in [0.2, 0.25) is 0 Å². The lowest BCUT2D eigenvalue weighted by Crippen LogP contribution is -2.41. The summed E-state index contributed by atoms with van der Waals surface area (Å²) in [7, 11) is 1.70. The van der Waals surface area contributed by atoms with Gasteiger partial charge in [-0.15, -0.1) is 0 Å². The van der Waals surface area contributed by atoms with Crippen molar-refractivity contribution >= 4 is 5.69 Å². The van der Waals surface area contributed by atoms with Crippen molar-refractivity contribution in [2.45, 2.75) is 25.0 Å². The number of methoxy groups -OCH3 is 1. The van der Waals surface area contributed by atoms with Crippen LogP contribution in [0.4, 0.5) is 5.69 Å². The number of ether oxygens (including phenoxy) is 1. The first kappa shape index (κ1) is 16.8. The Morgan fingerprint density at radius 3 is 2.46 bits per heavy atom. The van der Waals surface area contributed by atoms with Gasteiger partial charge in [-0.2, -0.15) is 0 Å². The molecule has 1 heterocycles. The van der Waals surface area contributed by atoms with Crippen LogP contribution in [0.1, 0.15) is 24.5 Å². The summed E-state index contributed by atoms with van der Waals surface area (Å²) in [6, 6.07) is 18.4. The number of aliphatic hydroxyl groups is 1. The number of nitrogens with zero attached hydrogens (tertiary/aromatic N) is 1. The monoisotopic (exact) mass is 326 g/mol. The third-order valence-corrected chi connectivity index (χ3v) is 4.67. The maximum atomic E-state index is 10.4. The highest BCUT2D eigenvalue weighted by Gasteiger charge is 2.22. The van der Waals surface area contributed by atoms with Crippen LogP contribution < -0.4 is 10.1 Å². The standard InChI is InChI=1S/C20H26N2O2/c1-24-20-10-6-5-9-18(20)21-17-11-13-22(14-12-17)15-19(23)16-7-3-2-4-8-16/h2-10,17,19,21,23H,11-15H2,1H3. The Kier molecular flexibility index (Phi) is 5.72. The fourth-order valence-electron chi connectivity index (χ4n) is 3.27. The van der Waals surface area contributed by atoms with E-state index in [1.807, 2.05) is 48.5 Å². The molecule has 2 aromatic rings. The Labute approximate surface area is 144 Å². The van der Waals surface area contributed by atoms with Crippen LogP contribution in [0.5, 0.6) is 5.75 Å². The molecule has 2 aromatic carbocycles. The molecule has 1 saturated heterocycles. The molecule has 128 valence electrons. The number of nitrogens with one attached hydrogen (secondary N) is 1. The molecule has 24 heavy (non-hydrogen) atoms. The average Bonchev–Trinajstić information content (AvgIpc) is 2.64. The molecule has 0 spiro atoms. The third kappa shape index (κ3) is 4.28. The molecule has 3 rings (SSSR count). The number of likely N-dealkylation sites (tertiary alicyclic amines) is 1. The van der Waals surface area contributed by atoms with Gasteiger partial charge in [0.25, 0.3) is 0 Å². The second-order valence-corrected chi connectivity index (χ2v) is 6.35. The van der Waals surface area contributed by atoms with Gasteiger partial charge in [0, 0.05) is 25.7 Å². The van der Waals surface area contributed by atoms with Gasteiger partial charge in [-0.25, -0.2) is 0 Å². The van der Waals surface area contributed by atoms with E-state index in [9.17, 15) is 5.11 Å². The van der Waals surface area contributed by atoms with E-state index in [0.717, 1.165) is 42.9 Å². The number of piperidine rings is 1. The maximum absolute atomic E-state index is 10.4. The number of β-amino-alcohol motifs (C(OH)–C–C–N with tert-alkyl or cyclic N) is 1. The van der Waals surface area contributed by atoms with Gasteiger partial charge >= 0.3 is 0 Å². The smallest absolute Gasteiger partial charge is 0.141 e. The number of benzene rings is 2. The third-order valence-electron chi connectivity index (χ3n) is 4.67. The number of aliphatic hydroxyl groups excluding tert-OH is 1. The van der Waals surface area contributed by atoms with Crippen LogP contribution in [0.15, 0.2) is 54.6 Å². The Balaban J connectivity index is 1.49. The first-order valence-corrected chi connectivity index (χ1v) is 8.61. The van der Waals surface area contributed by atoms with Gasteiger partial charge in [-0.3, -0.25) is 0 Å². The minimum Gasteiger partial charge on any atom is -0.495 e. The van der Waals surface area contributed by atoms with Crippen LogP contribution in [0.25, 0.3) is 0 Å². The van der Waals surface area contributed by atoms with Crippen molar-refractivity contribution in [3.05, 3.63) is 60.2 Å². The van der Waals surface area contributed by atoms with Gasteiger partial charge in [0.15, 0.2) is 0 Å². The number of para-hydroxylation sites is 2. The van der Waals surface area contributed by atoms with Crippen molar-refractivity contribution in [1.29, 1.82) is 0 Å². The van der Waals surface area contributed by atoms with E-state index in [1.165, 1.54) is 0 Å². The largest absolute Gasteiger partial charge is 0.495 e. The number of rotatable bonds is 6. The number of anilines is 1. The molecule has 0 saturated carbocycles. The van der Waals surface area contributed by atoms with Crippen LogP contribution in [0.2, 0.25) is 0 Å². The van der Waals surface area contributed by atoms with Crippen LogP contribution in [0.3, 0.4) is 0 Å². The topological polar surface area (TPSA) is 44.7 Å².